The van der Waals surface area contributed by atoms with Crippen LogP contribution in [0.2, 0.25) is 0 Å². The van der Waals surface area contributed by atoms with E-state index in [0.29, 0.717) is 25.3 Å². The van der Waals surface area contributed by atoms with E-state index >= 15 is 0 Å². The number of hydrogen-bond donors (Lipinski definition) is 1. The van der Waals surface area contributed by atoms with Gasteiger partial charge in [-0.25, -0.2) is 8.78 Å². The third-order valence-electron chi connectivity index (χ3n) is 3.95. The van der Waals surface area contributed by atoms with E-state index in [4.69, 9.17) is 10.5 Å². The normalized spacial score (nSPS) is 18.9. The van der Waals surface area contributed by atoms with Gasteiger partial charge in [-0.15, -0.1) is 0 Å². The molecule has 0 aromatic heterocycles. The maximum absolute atomic E-state index is 13.9. The second-order valence-corrected chi connectivity index (χ2v) is 5.29. The summed E-state index contributed by atoms with van der Waals surface area (Å²) in [6.45, 7) is 5.25. The number of rotatable bonds is 3. The van der Waals surface area contributed by atoms with Crippen LogP contribution < -0.4 is 5.73 Å². The highest BCUT2D eigenvalue weighted by Gasteiger charge is 2.52. The molecule has 0 saturated carbocycles. The predicted octanol–water partition coefficient (Wildman–Crippen LogP) is 2.22. The van der Waals surface area contributed by atoms with Crippen LogP contribution in [-0.4, -0.2) is 19.8 Å². The van der Waals surface area contributed by atoms with E-state index in [1.807, 2.05) is 13.8 Å². The van der Waals surface area contributed by atoms with E-state index in [9.17, 15) is 8.78 Å². The van der Waals surface area contributed by atoms with Gasteiger partial charge in [-0.1, -0.05) is 19.9 Å². The molecule has 1 aromatic rings. The van der Waals surface area contributed by atoms with Crippen molar-refractivity contribution in [3.63, 3.8) is 0 Å². The summed E-state index contributed by atoms with van der Waals surface area (Å²) in [6.07, 6.45) is 0. The molecule has 0 atom stereocenters. The van der Waals surface area contributed by atoms with Gasteiger partial charge in [0.1, 0.15) is 11.6 Å². The van der Waals surface area contributed by atoms with Crippen molar-refractivity contribution in [1.82, 2.24) is 0 Å². The smallest absolute Gasteiger partial charge is 0.130 e. The molecular weight excluding hydrogens is 224 g/mol. The molecule has 0 bridgehead atoms. The Kier molecular flexibility index (Phi) is 2.96. The third kappa shape index (κ3) is 1.76. The summed E-state index contributed by atoms with van der Waals surface area (Å²) in [5, 5.41) is 0. The summed E-state index contributed by atoms with van der Waals surface area (Å²) in [5.74, 6) is -1.08. The highest BCUT2D eigenvalue weighted by molar-refractivity contribution is 5.33. The summed E-state index contributed by atoms with van der Waals surface area (Å²) >= 11 is 0. The minimum Gasteiger partial charge on any atom is -0.379 e. The van der Waals surface area contributed by atoms with Gasteiger partial charge in [0, 0.05) is 6.07 Å². The largest absolute Gasteiger partial charge is 0.379 e. The Morgan fingerprint density at radius 3 is 2.41 bits per heavy atom. The van der Waals surface area contributed by atoms with E-state index in [2.05, 4.69) is 0 Å². The monoisotopic (exact) mass is 241 g/mol. The van der Waals surface area contributed by atoms with Crippen LogP contribution in [-0.2, 0) is 10.2 Å². The topological polar surface area (TPSA) is 35.2 Å². The Bertz CT molecular complexity index is 427. The molecule has 0 spiro atoms. The molecule has 0 aliphatic carbocycles. The number of hydrogen-bond acceptors (Lipinski definition) is 2. The van der Waals surface area contributed by atoms with Crippen LogP contribution in [0.3, 0.4) is 0 Å². The zero-order chi connectivity index (χ0) is 12.7. The van der Waals surface area contributed by atoms with Gasteiger partial charge in [0.15, 0.2) is 0 Å². The number of ether oxygens (including phenoxy) is 1. The van der Waals surface area contributed by atoms with Crippen molar-refractivity contribution in [3.8, 4) is 0 Å². The first-order chi connectivity index (χ1) is 7.93. The van der Waals surface area contributed by atoms with Gasteiger partial charge < -0.3 is 10.5 Å². The molecule has 0 unspecified atom stereocenters. The molecule has 1 aliphatic heterocycles. The quantitative estimate of drug-likeness (QED) is 0.880. The molecule has 0 radical (unpaired) electrons. The standard InChI is InChI=1S/C13H17F2NO/c1-12(2,6-16)13(7-17-8-13)10-4-3-9(14)5-11(10)15/h3-5H,6-8,16H2,1-2H3. The molecule has 17 heavy (non-hydrogen) atoms. The van der Waals surface area contributed by atoms with Crippen molar-refractivity contribution in [3.05, 3.63) is 35.4 Å². The number of benzene rings is 1. The number of nitrogens with two attached hydrogens (primary N) is 1. The van der Waals surface area contributed by atoms with Crippen LogP contribution in [0.25, 0.3) is 0 Å². The Labute approximate surface area is 99.8 Å². The van der Waals surface area contributed by atoms with Gasteiger partial charge in [-0.2, -0.15) is 0 Å². The van der Waals surface area contributed by atoms with Gasteiger partial charge in [-0.3, -0.25) is 0 Å². The van der Waals surface area contributed by atoms with E-state index < -0.39 is 17.0 Å². The summed E-state index contributed by atoms with van der Waals surface area (Å²) < 4.78 is 32.1. The Hall–Kier alpha value is -1.00. The van der Waals surface area contributed by atoms with Crippen LogP contribution in [0.1, 0.15) is 19.4 Å². The summed E-state index contributed by atoms with van der Waals surface area (Å²) in [6, 6.07) is 3.71. The lowest BCUT2D eigenvalue weighted by Crippen LogP contribution is -2.59. The second-order valence-electron chi connectivity index (χ2n) is 5.29. The lowest BCUT2D eigenvalue weighted by molar-refractivity contribution is -0.118. The molecule has 2 N–H and O–H groups in total. The maximum atomic E-state index is 13.9. The molecule has 1 aliphatic rings. The van der Waals surface area contributed by atoms with Crippen molar-refractivity contribution in [1.29, 1.82) is 0 Å². The van der Waals surface area contributed by atoms with Gasteiger partial charge in [0.2, 0.25) is 0 Å². The summed E-state index contributed by atoms with van der Waals surface area (Å²) in [4.78, 5) is 0. The van der Waals surface area contributed by atoms with Gasteiger partial charge in [-0.05, 0) is 23.6 Å². The van der Waals surface area contributed by atoms with E-state index in [-0.39, 0.29) is 5.41 Å². The average molecular weight is 241 g/mol. The summed E-state index contributed by atoms with van der Waals surface area (Å²) in [5.41, 5.74) is 5.53. The average Bonchev–Trinajstić information content (AvgIpc) is 2.19. The van der Waals surface area contributed by atoms with Gasteiger partial charge in [0.05, 0.1) is 18.6 Å². The van der Waals surface area contributed by atoms with E-state index in [1.54, 1.807) is 0 Å². The molecule has 1 saturated heterocycles. The molecule has 94 valence electrons. The molecule has 2 rings (SSSR count). The SMILES string of the molecule is CC(C)(CN)C1(c2ccc(F)cc2F)COC1. The van der Waals surface area contributed by atoms with Crippen molar-refractivity contribution in [2.75, 3.05) is 19.8 Å². The molecule has 4 heteroatoms. The van der Waals surface area contributed by atoms with Crippen LogP contribution in [0.15, 0.2) is 18.2 Å². The van der Waals surface area contributed by atoms with Crippen LogP contribution in [0, 0.1) is 17.0 Å². The van der Waals surface area contributed by atoms with E-state index in [0.717, 1.165) is 6.07 Å². The van der Waals surface area contributed by atoms with Crippen LogP contribution in [0.4, 0.5) is 8.78 Å². The number of halogens is 2. The molecule has 1 aromatic carbocycles. The lowest BCUT2D eigenvalue weighted by Gasteiger charge is -2.52. The molecular formula is C13H17F2NO. The van der Waals surface area contributed by atoms with Gasteiger partial charge in [0.25, 0.3) is 0 Å². The fourth-order valence-electron chi connectivity index (χ4n) is 2.29. The maximum Gasteiger partial charge on any atom is 0.130 e. The zero-order valence-corrected chi connectivity index (χ0v) is 10.1. The van der Waals surface area contributed by atoms with Gasteiger partial charge >= 0.3 is 0 Å². The van der Waals surface area contributed by atoms with Crippen molar-refractivity contribution < 1.29 is 13.5 Å². The first kappa shape index (κ1) is 12.5. The van der Waals surface area contributed by atoms with Crippen LogP contribution >= 0.6 is 0 Å². The highest BCUT2D eigenvalue weighted by atomic mass is 19.1. The first-order valence-electron chi connectivity index (χ1n) is 5.66. The Balaban J connectivity index is 2.49. The zero-order valence-electron chi connectivity index (χ0n) is 10.1. The fourth-order valence-corrected chi connectivity index (χ4v) is 2.29. The van der Waals surface area contributed by atoms with Crippen molar-refractivity contribution in [2.24, 2.45) is 11.1 Å². The second kappa shape index (κ2) is 4.03. The fraction of sp³-hybridized carbons (Fsp3) is 0.538. The predicted molar refractivity (Wildman–Crippen MR) is 61.7 cm³/mol. The third-order valence-corrected chi connectivity index (χ3v) is 3.95. The Morgan fingerprint density at radius 1 is 1.35 bits per heavy atom. The minimum absolute atomic E-state index is 0.288. The lowest BCUT2D eigenvalue weighted by atomic mass is 9.60. The molecule has 1 fully saturated rings. The summed E-state index contributed by atoms with van der Waals surface area (Å²) in [7, 11) is 0. The molecule has 2 nitrogen and oxygen atoms in total. The van der Waals surface area contributed by atoms with Crippen LogP contribution in [0.5, 0.6) is 0 Å². The van der Waals surface area contributed by atoms with Crippen molar-refractivity contribution in [2.45, 2.75) is 19.3 Å². The molecule has 0 amide bonds. The molecule has 1 heterocycles. The van der Waals surface area contributed by atoms with Crippen molar-refractivity contribution >= 4 is 0 Å². The highest BCUT2D eigenvalue weighted by Crippen LogP contribution is 2.47. The Morgan fingerprint density at radius 2 is 2.00 bits per heavy atom. The first-order valence-corrected chi connectivity index (χ1v) is 5.66. The van der Waals surface area contributed by atoms with E-state index in [1.165, 1.54) is 12.1 Å². The minimum atomic E-state index is -0.563.